The van der Waals surface area contributed by atoms with Gasteiger partial charge in [0.2, 0.25) is 11.8 Å². The van der Waals surface area contributed by atoms with Crippen LogP contribution in [0, 0.1) is 11.3 Å². The molecule has 7 heteroatoms. The number of fused-ring (bicyclic) bond motifs is 1. The van der Waals surface area contributed by atoms with Gasteiger partial charge in [-0.05, 0) is 29.7 Å². The van der Waals surface area contributed by atoms with Crippen LogP contribution in [0.4, 0.5) is 0 Å². The molecule has 3 aromatic rings. The predicted molar refractivity (Wildman–Crippen MR) is 117 cm³/mol. The lowest BCUT2D eigenvalue weighted by Crippen LogP contribution is -2.21. The molecule has 1 atom stereocenters. The lowest BCUT2D eigenvalue weighted by atomic mass is 9.83. The van der Waals surface area contributed by atoms with Crippen molar-refractivity contribution in [3.05, 3.63) is 71.1 Å². The molecule has 0 amide bonds. The minimum atomic E-state index is -0.457. The summed E-state index contributed by atoms with van der Waals surface area (Å²) < 4.78 is 17.1. The van der Waals surface area contributed by atoms with Crippen LogP contribution in [0.15, 0.2) is 60.0 Å². The van der Waals surface area contributed by atoms with Crippen molar-refractivity contribution in [2.24, 2.45) is 5.73 Å². The topological polar surface area (TPSA) is 106 Å². The summed E-state index contributed by atoms with van der Waals surface area (Å²) in [4.78, 5) is 0. The number of benzene rings is 2. The Morgan fingerprint density at radius 3 is 2.71 bits per heavy atom. The minimum Gasteiger partial charge on any atom is -0.493 e. The smallest absolute Gasteiger partial charge is 0.244 e. The highest BCUT2D eigenvalue weighted by Gasteiger charge is 2.36. The second-order valence-electron chi connectivity index (χ2n) is 7.22. The van der Waals surface area contributed by atoms with Crippen molar-refractivity contribution >= 4 is 0 Å². The zero-order chi connectivity index (χ0) is 21.8. The number of hydrogen-bond acceptors (Lipinski definition) is 6. The van der Waals surface area contributed by atoms with E-state index in [4.69, 9.17) is 19.9 Å². The number of methoxy groups -OCH3 is 1. The largest absolute Gasteiger partial charge is 0.493 e. The zero-order valence-corrected chi connectivity index (χ0v) is 17.5. The van der Waals surface area contributed by atoms with Gasteiger partial charge in [-0.1, -0.05) is 49.7 Å². The summed E-state index contributed by atoms with van der Waals surface area (Å²) >= 11 is 0. The van der Waals surface area contributed by atoms with Crippen molar-refractivity contribution in [2.75, 3.05) is 13.7 Å². The predicted octanol–water partition coefficient (Wildman–Crippen LogP) is 4.48. The number of rotatable bonds is 7. The first-order chi connectivity index (χ1) is 15.2. The highest BCUT2D eigenvalue weighted by atomic mass is 16.5. The fourth-order valence-corrected chi connectivity index (χ4v) is 3.71. The summed E-state index contributed by atoms with van der Waals surface area (Å²) in [5.74, 6) is 1.22. The molecule has 1 unspecified atom stereocenters. The first kappa shape index (κ1) is 20.4. The summed E-state index contributed by atoms with van der Waals surface area (Å²) in [6, 6.07) is 17.7. The molecule has 0 fully saturated rings. The number of aromatic amines is 1. The maximum Gasteiger partial charge on any atom is 0.244 e. The number of unbranched alkanes of at least 4 members (excludes halogenated alkanes) is 1. The highest BCUT2D eigenvalue weighted by molar-refractivity contribution is 5.71. The van der Waals surface area contributed by atoms with Gasteiger partial charge in [-0.25, -0.2) is 0 Å². The van der Waals surface area contributed by atoms with Crippen LogP contribution in [0.5, 0.6) is 17.4 Å². The van der Waals surface area contributed by atoms with Crippen molar-refractivity contribution in [3.63, 3.8) is 0 Å². The number of aromatic nitrogens is 2. The lowest BCUT2D eigenvalue weighted by Gasteiger charge is -2.25. The zero-order valence-electron chi connectivity index (χ0n) is 17.5. The Kier molecular flexibility index (Phi) is 5.80. The number of H-pyrrole nitrogens is 1. The maximum atomic E-state index is 9.89. The van der Waals surface area contributed by atoms with Crippen molar-refractivity contribution in [3.8, 4) is 34.7 Å². The molecular weight excluding hydrogens is 392 g/mol. The number of nitrogens with two attached hydrogens (primary N) is 1. The Balaban J connectivity index is 1.83. The second kappa shape index (κ2) is 8.84. The maximum absolute atomic E-state index is 9.89. The first-order valence-electron chi connectivity index (χ1n) is 10.2. The number of nitriles is 1. The fraction of sp³-hybridized carbons (Fsp3) is 0.250. The summed E-state index contributed by atoms with van der Waals surface area (Å²) in [5.41, 5.74) is 9.73. The lowest BCUT2D eigenvalue weighted by molar-refractivity contribution is 0.288. The van der Waals surface area contributed by atoms with Gasteiger partial charge in [0.25, 0.3) is 0 Å². The molecule has 1 aromatic heterocycles. The van der Waals surface area contributed by atoms with Crippen molar-refractivity contribution in [1.82, 2.24) is 10.2 Å². The van der Waals surface area contributed by atoms with Crippen LogP contribution in [0.2, 0.25) is 0 Å². The molecule has 7 nitrogen and oxygen atoms in total. The molecule has 2 heterocycles. The molecule has 31 heavy (non-hydrogen) atoms. The van der Waals surface area contributed by atoms with Gasteiger partial charge in [0, 0.05) is 0 Å². The highest BCUT2D eigenvalue weighted by Crippen LogP contribution is 2.46. The summed E-state index contributed by atoms with van der Waals surface area (Å²) in [6.07, 6.45) is 2.01. The number of nitrogens with one attached hydrogen (secondary N) is 1. The normalized spacial score (nSPS) is 15.1. The van der Waals surface area contributed by atoms with E-state index in [0.29, 0.717) is 29.6 Å². The molecule has 0 spiro atoms. The third-order valence-corrected chi connectivity index (χ3v) is 5.28. The van der Waals surface area contributed by atoms with Gasteiger partial charge in [0.1, 0.15) is 11.6 Å². The van der Waals surface area contributed by atoms with Crippen molar-refractivity contribution in [1.29, 1.82) is 5.26 Å². The first-order valence-corrected chi connectivity index (χ1v) is 10.2. The minimum absolute atomic E-state index is 0.0494. The van der Waals surface area contributed by atoms with Crippen LogP contribution in [0.1, 0.15) is 36.8 Å². The van der Waals surface area contributed by atoms with Gasteiger partial charge >= 0.3 is 0 Å². The van der Waals surface area contributed by atoms with Crippen LogP contribution in [0.25, 0.3) is 11.3 Å². The number of ether oxygens (including phenoxy) is 3. The molecule has 1 aliphatic heterocycles. The Morgan fingerprint density at radius 2 is 2.00 bits per heavy atom. The third-order valence-electron chi connectivity index (χ3n) is 5.28. The molecule has 158 valence electrons. The summed E-state index contributed by atoms with van der Waals surface area (Å²) in [6.45, 7) is 2.73. The van der Waals surface area contributed by atoms with Crippen LogP contribution in [-0.2, 0) is 0 Å². The number of hydrogen-bond donors (Lipinski definition) is 2. The van der Waals surface area contributed by atoms with E-state index >= 15 is 0 Å². The van der Waals surface area contributed by atoms with Gasteiger partial charge < -0.3 is 19.9 Å². The van der Waals surface area contributed by atoms with Crippen molar-refractivity contribution < 1.29 is 14.2 Å². The van der Waals surface area contributed by atoms with Gasteiger partial charge in [-0.2, -0.15) is 5.26 Å². The van der Waals surface area contributed by atoms with Gasteiger partial charge in [0.05, 0.1) is 30.9 Å². The number of allylic oxidation sites excluding steroid dienone is 1. The van der Waals surface area contributed by atoms with E-state index in [9.17, 15) is 5.26 Å². The molecule has 0 saturated heterocycles. The van der Waals surface area contributed by atoms with Crippen LogP contribution in [-0.4, -0.2) is 23.9 Å². The van der Waals surface area contributed by atoms with E-state index in [1.54, 1.807) is 7.11 Å². The Hall–Kier alpha value is -3.92. The summed E-state index contributed by atoms with van der Waals surface area (Å²) in [5, 5.41) is 17.2. The van der Waals surface area contributed by atoms with E-state index < -0.39 is 5.92 Å². The molecule has 0 bridgehead atoms. The Labute approximate surface area is 181 Å². The Bertz CT molecular complexity index is 1150. The average Bonchev–Trinajstić information content (AvgIpc) is 3.22. The summed E-state index contributed by atoms with van der Waals surface area (Å²) in [7, 11) is 1.60. The molecule has 0 radical (unpaired) electrons. The van der Waals surface area contributed by atoms with E-state index in [2.05, 4.69) is 23.2 Å². The molecule has 0 saturated carbocycles. The van der Waals surface area contributed by atoms with Crippen LogP contribution < -0.4 is 19.9 Å². The monoisotopic (exact) mass is 416 g/mol. The molecule has 3 N–H and O–H groups in total. The quantitative estimate of drug-likeness (QED) is 0.550. The molecular formula is C24H24N4O3. The second-order valence-corrected chi connectivity index (χ2v) is 7.22. The average molecular weight is 416 g/mol. The number of nitrogens with zero attached hydrogens (tertiary/aromatic N) is 2. The standard InChI is InChI=1S/C24H24N4O3/c1-3-4-12-30-18-11-10-16(13-19(18)29-2)20-17(14-25)23(26)31-24-21(20)22(27-28-24)15-8-6-5-7-9-15/h5-11,13,20H,3-4,12,26H2,1-2H3,(H,27,28). The van der Waals surface area contributed by atoms with Gasteiger partial charge in [0.15, 0.2) is 11.5 Å². The van der Waals surface area contributed by atoms with E-state index in [0.717, 1.165) is 35.2 Å². The van der Waals surface area contributed by atoms with Gasteiger partial charge in [-0.3, -0.25) is 5.10 Å². The van der Waals surface area contributed by atoms with Crippen LogP contribution in [0.3, 0.4) is 0 Å². The molecule has 4 rings (SSSR count). The molecule has 2 aromatic carbocycles. The Morgan fingerprint density at radius 1 is 1.19 bits per heavy atom. The third kappa shape index (κ3) is 3.80. The fourth-order valence-electron chi connectivity index (χ4n) is 3.71. The SMILES string of the molecule is CCCCOc1ccc(C2C(C#N)=C(N)Oc3n[nH]c(-c4ccccc4)c32)cc1OC. The van der Waals surface area contributed by atoms with Crippen LogP contribution >= 0.6 is 0 Å². The van der Waals surface area contributed by atoms with E-state index in [1.807, 2.05) is 48.5 Å². The van der Waals surface area contributed by atoms with E-state index in [-0.39, 0.29) is 5.88 Å². The van der Waals surface area contributed by atoms with E-state index in [1.165, 1.54) is 0 Å². The van der Waals surface area contributed by atoms with Crippen molar-refractivity contribution in [2.45, 2.75) is 25.7 Å². The molecule has 1 aliphatic rings. The van der Waals surface area contributed by atoms with Gasteiger partial charge in [-0.15, -0.1) is 5.10 Å². The molecule has 0 aliphatic carbocycles.